The number of carbonyl (C=O) groups excluding carboxylic acids is 1. The number of ether oxygens (including phenoxy) is 2. The summed E-state index contributed by atoms with van der Waals surface area (Å²) in [5.74, 6) is 0.520. The second kappa shape index (κ2) is 12.6. The quantitative estimate of drug-likeness (QED) is 0.545. The van der Waals surface area contributed by atoms with Crippen LogP contribution >= 0.6 is 0 Å². The van der Waals surface area contributed by atoms with E-state index in [1.54, 1.807) is 0 Å². The average Bonchev–Trinajstić information content (AvgIpc) is 2.91. The first-order chi connectivity index (χ1) is 16.7. The average molecular weight is 465 g/mol. The molecule has 34 heavy (non-hydrogen) atoms. The van der Waals surface area contributed by atoms with Gasteiger partial charge >= 0.3 is 0 Å². The van der Waals surface area contributed by atoms with E-state index in [1.807, 2.05) is 0 Å². The Morgan fingerprint density at radius 2 is 1.18 bits per heavy atom. The summed E-state index contributed by atoms with van der Waals surface area (Å²) in [7, 11) is 0. The van der Waals surface area contributed by atoms with Crippen molar-refractivity contribution in [2.75, 3.05) is 39.4 Å². The van der Waals surface area contributed by atoms with Crippen LogP contribution in [-0.2, 0) is 27.1 Å². The number of hydrogen-bond donors (Lipinski definition) is 2. The van der Waals surface area contributed by atoms with Crippen LogP contribution in [0.1, 0.15) is 61.2 Å². The van der Waals surface area contributed by atoms with E-state index in [4.69, 9.17) is 9.47 Å². The van der Waals surface area contributed by atoms with E-state index in [1.165, 1.54) is 22.3 Å². The van der Waals surface area contributed by atoms with Gasteiger partial charge in [-0.3, -0.25) is 4.79 Å². The maximum Gasteiger partial charge on any atom is 0.139 e. The van der Waals surface area contributed by atoms with Crippen molar-refractivity contribution in [2.45, 2.75) is 51.7 Å². The fourth-order valence-corrected chi connectivity index (χ4v) is 5.09. The van der Waals surface area contributed by atoms with Gasteiger partial charge in [-0.15, -0.1) is 0 Å². The van der Waals surface area contributed by atoms with Gasteiger partial charge < -0.3 is 20.1 Å². The highest BCUT2D eigenvalue weighted by Gasteiger charge is 2.25. The minimum atomic E-state index is 0.0596. The summed E-state index contributed by atoms with van der Waals surface area (Å²) in [6.07, 6.45) is 3.61. The number of rotatable bonds is 10. The Kier molecular flexibility index (Phi) is 9.28. The highest BCUT2D eigenvalue weighted by Crippen LogP contribution is 2.26. The topological polar surface area (TPSA) is 59.6 Å². The number of benzene rings is 2. The van der Waals surface area contributed by atoms with Gasteiger partial charge in [-0.05, 0) is 47.9 Å². The van der Waals surface area contributed by atoms with Crippen molar-refractivity contribution in [3.05, 3.63) is 70.8 Å². The first-order valence-corrected chi connectivity index (χ1v) is 13.0. The molecule has 2 saturated heterocycles. The van der Waals surface area contributed by atoms with E-state index >= 15 is 0 Å². The van der Waals surface area contributed by atoms with Crippen LogP contribution in [0.5, 0.6) is 0 Å². The molecule has 2 aliphatic heterocycles. The van der Waals surface area contributed by atoms with E-state index in [-0.39, 0.29) is 24.0 Å². The number of nitrogens with one attached hydrogen (secondary N) is 2. The lowest BCUT2D eigenvalue weighted by molar-refractivity contribution is -0.127. The molecule has 0 radical (unpaired) electrons. The van der Waals surface area contributed by atoms with Crippen LogP contribution < -0.4 is 10.6 Å². The van der Waals surface area contributed by atoms with Crippen molar-refractivity contribution >= 4 is 5.78 Å². The Hall–Kier alpha value is -2.05. The molecule has 4 unspecified atom stereocenters. The monoisotopic (exact) mass is 464 g/mol. The van der Waals surface area contributed by atoms with Crippen molar-refractivity contribution in [3.8, 4) is 0 Å². The van der Waals surface area contributed by atoms with Gasteiger partial charge in [-0.2, -0.15) is 0 Å². The molecule has 0 saturated carbocycles. The third kappa shape index (κ3) is 6.54. The molecule has 0 amide bonds. The smallest absolute Gasteiger partial charge is 0.139 e. The molecule has 2 N–H and O–H groups in total. The second-order valence-electron chi connectivity index (χ2n) is 9.63. The van der Waals surface area contributed by atoms with Gasteiger partial charge in [0.05, 0.1) is 25.4 Å². The Labute approximate surface area is 204 Å². The highest BCUT2D eigenvalue weighted by atomic mass is 16.5. The Morgan fingerprint density at radius 1 is 0.765 bits per heavy atom. The third-order valence-electron chi connectivity index (χ3n) is 7.31. The molecule has 0 bridgehead atoms. The number of carbonyl (C=O) groups is 1. The predicted octanol–water partition coefficient (Wildman–Crippen LogP) is 4.42. The fraction of sp³-hybridized carbons (Fsp3) is 0.552. The van der Waals surface area contributed by atoms with Crippen molar-refractivity contribution in [1.29, 1.82) is 0 Å². The van der Waals surface area contributed by atoms with Gasteiger partial charge in [0.15, 0.2) is 0 Å². The molecule has 5 heteroatoms. The molecule has 2 fully saturated rings. The van der Waals surface area contributed by atoms with Gasteiger partial charge in [0, 0.05) is 38.0 Å². The lowest BCUT2D eigenvalue weighted by atomic mass is 9.82. The number of Topliss-reactive ketones (excluding diaryl/α,β-unsaturated/α-hetero) is 1. The van der Waals surface area contributed by atoms with Crippen molar-refractivity contribution < 1.29 is 14.3 Å². The van der Waals surface area contributed by atoms with Crippen molar-refractivity contribution in [3.63, 3.8) is 0 Å². The molecule has 2 aliphatic rings. The molecule has 184 valence electrons. The Balaban J connectivity index is 1.35. The van der Waals surface area contributed by atoms with E-state index in [2.05, 4.69) is 73.0 Å². The van der Waals surface area contributed by atoms with Crippen molar-refractivity contribution in [1.82, 2.24) is 10.6 Å². The molecule has 2 aromatic rings. The number of hydrogen-bond acceptors (Lipinski definition) is 5. The zero-order valence-electron chi connectivity index (χ0n) is 20.7. The minimum absolute atomic E-state index is 0.0596. The molecule has 2 aromatic carbocycles. The number of morpholine rings is 2. The van der Waals surface area contributed by atoms with Crippen LogP contribution in [-0.4, -0.2) is 45.2 Å². The fourth-order valence-electron chi connectivity index (χ4n) is 5.09. The van der Waals surface area contributed by atoms with Gasteiger partial charge in [0.1, 0.15) is 5.78 Å². The molecule has 0 spiro atoms. The van der Waals surface area contributed by atoms with Gasteiger partial charge in [-0.1, -0.05) is 62.4 Å². The maximum absolute atomic E-state index is 13.5. The van der Waals surface area contributed by atoms with Crippen molar-refractivity contribution in [2.24, 2.45) is 11.8 Å². The van der Waals surface area contributed by atoms with Crippen LogP contribution in [0, 0.1) is 11.8 Å². The molecule has 0 aliphatic carbocycles. The normalized spacial score (nSPS) is 22.8. The summed E-state index contributed by atoms with van der Waals surface area (Å²) in [5, 5.41) is 6.77. The van der Waals surface area contributed by atoms with Crippen LogP contribution in [0.4, 0.5) is 0 Å². The highest BCUT2D eigenvalue weighted by molar-refractivity contribution is 5.84. The zero-order valence-corrected chi connectivity index (χ0v) is 20.7. The minimum Gasteiger partial charge on any atom is -0.371 e. The van der Waals surface area contributed by atoms with E-state index in [0.717, 1.165) is 65.1 Å². The third-order valence-corrected chi connectivity index (χ3v) is 7.31. The number of ketones is 1. The Morgan fingerprint density at radius 3 is 1.50 bits per heavy atom. The largest absolute Gasteiger partial charge is 0.371 e. The van der Waals surface area contributed by atoms with Crippen LogP contribution in [0.15, 0.2) is 48.5 Å². The standard InChI is InChI=1S/C29H40N2O3/c1-3-23(17-21-5-9-25(10-6-21)27-19-30-13-15-33-27)29(32)24(4-2)18-22-7-11-26(12-8-22)28-20-31-14-16-34-28/h5-12,23-24,27-28,30-31H,3-4,13-20H2,1-2H3. The van der Waals surface area contributed by atoms with Crippen LogP contribution in [0.3, 0.4) is 0 Å². The Bertz CT molecular complexity index is 811. The molecular formula is C29H40N2O3. The lowest BCUT2D eigenvalue weighted by Crippen LogP contribution is -2.33. The molecule has 4 atom stereocenters. The molecule has 0 aromatic heterocycles. The molecule has 2 heterocycles. The first kappa shape index (κ1) is 25.1. The zero-order chi connectivity index (χ0) is 23.8. The van der Waals surface area contributed by atoms with Gasteiger partial charge in [0.2, 0.25) is 0 Å². The van der Waals surface area contributed by atoms with Crippen LogP contribution in [0.25, 0.3) is 0 Å². The van der Waals surface area contributed by atoms with Crippen LogP contribution in [0.2, 0.25) is 0 Å². The first-order valence-electron chi connectivity index (χ1n) is 13.0. The second-order valence-corrected chi connectivity index (χ2v) is 9.63. The van der Waals surface area contributed by atoms with Gasteiger partial charge in [0.25, 0.3) is 0 Å². The predicted molar refractivity (Wildman–Crippen MR) is 136 cm³/mol. The molecular weight excluding hydrogens is 424 g/mol. The van der Waals surface area contributed by atoms with E-state index in [9.17, 15) is 4.79 Å². The van der Waals surface area contributed by atoms with Gasteiger partial charge in [-0.25, -0.2) is 0 Å². The summed E-state index contributed by atoms with van der Waals surface area (Å²) < 4.78 is 11.7. The van der Waals surface area contributed by atoms with E-state index in [0.29, 0.717) is 5.78 Å². The molecule has 5 nitrogen and oxygen atoms in total. The summed E-state index contributed by atoms with van der Waals surface area (Å²) in [6.45, 7) is 9.35. The SMILES string of the molecule is CCC(Cc1ccc(C2CNCCO2)cc1)C(=O)C(CC)Cc1ccc(C2CNCCO2)cc1. The summed E-state index contributed by atoms with van der Waals surface area (Å²) in [6, 6.07) is 17.3. The maximum atomic E-state index is 13.5. The summed E-state index contributed by atoms with van der Waals surface area (Å²) in [4.78, 5) is 13.5. The summed E-state index contributed by atoms with van der Waals surface area (Å²) in [5.41, 5.74) is 4.88. The summed E-state index contributed by atoms with van der Waals surface area (Å²) >= 11 is 0. The molecule has 4 rings (SSSR count). The lowest BCUT2D eigenvalue weighted by Gasteiger charge is -2.25. The van der Waals surface area contributed by atoms with E-state index < -0.39 is 0 Å².